The molecule has 0 bridgehead atoms. The summed E-state index contributed by atoms with van der Waals surface area (Å²) in [5, 5.41) is 2.51. The van der Waals surface area contributed by atoms with E-state index in [0.717, 1.165) is 11.2 Å². The van der Waals surface area contributed by atoms with E-state index in [-0.39, 0.29) is 0 Å². The molecule has 0 atom stereocenters. The lowest BCUT2D eigenvalue weighted by Crippen LogP contribution is -2.15. The molecule has 6 rings (SSSR count). The third-order valence-electron chi connectivity index (χ3n) is 8.28. The standard InChI is InChI=1S/C31H35NO/c1-32(28-20-9-8-16-24(28)22-12-4-2-5-13-22)29-21-11-19-27-26-18-10-17-25(30(26)33-31(27)29)23-14-6-3-7-15-23/h8-11,16-23H,2-7,12-15H2,1H3. The maximum Gasteiger partial charge on any atom is 0.159 e. The third kappa shape index (κ3) is 3.74. The van der Waals surface area contributed by atoms with Crippen molar-refractivity contribution < 1.29 is 4.42 Å². The van der Waals surface area contributed by atoms with Gasteiger partial charge in [-0.05, 0) is 60.8 Å². The van der Waals surface area contributed by atoms with Gasteiger partial charge in [-0.25, -0.2) is 0 Å². The van der Waals surface area contributed by atoms with Gasteiger partial charge < -0.3 is 9.32 Å². The van der Waals surface area contributed by atoms with Gasteiger partial charge in [-0.3, -0.25) is 0 Å². The van der Waals surface area contributed by atoms with Gasteiger partial charge in [-0.1, -0.05) is 87.1 Å². The van der Waals surface area contributed by atoms with Crippen molar-refractivity contribution in [3.63, 3.8) is 0 Å². The van der Waals surface area contributed by atoms with E-state index in [1.54, 1.807) is 0 Å². The van der Waals surface area contributed by atoms with Crippen molar-refractivity contribution in [2.75, 3.05) is 11.9 Å². The first kappa shape index (κ1) is 20.8. The van der Waals surface area contributed by atoms with Crippen molar-refractivity contribution in [1.29, 1.82) is 0 Å². The minimum Gasteiger partial charge on any atom is -0.454 e. The van der Waals surface area contributed by atoms with Crippen molar-refractivity contribution in [3.05, 3.63) is 71.8 Å². The van der Waals surface area contributed by atoms with Crippen LogP contribution >= 0.6 is 0 Å². The SMILES string of the molecule is CN(c1ccccc1C1CCCCC1)c1cccc2c1oc1c(C3CCCCC3)cccc12. The molecule has 2 aliphatic carbocycles. The zero-order valence-electron chi connectivity index (χ0n) is 19.9. The van der Waals surface area contributed by atoms with Gasteiger partial charge in [-0.2, -0.15) is 0 Å². The number of benzene rings is 3. The molecule has 33 heavy (non-hydrogen) atoms. The van der Waals surface area contributed by atoms with Crippen molar-refractivity contribution in [2.45, 2.75) is 76.0 Å². The Balaban J connectivity index is 1.46. The number of rotatable bonds is 4. The van der Waals surface area contributed by atoms with Gasteiger partial charge in [0, 0.05) is 23.5 Å². The van der Waals surface area contributed by atoms with Crippen LogP contribution in [0.1, 0.15) is 87.2 Å². The summed E-state index contributed by atoms with van der Waals surface area (Å²) >= 11 is 0. The number of hydrogen-bond donors (Lipinski definition) is 0. The second-order valence-corrected chi connectivity index (χ2v) is 10.3. The summed E-state index contributed by atoms with van der Waals surface area (Å²) in [6, 6.07) is 22.5. The summed E-state index contributed by atoms with van der Waals surface area (Å²) in [4.78, 5) is 2.37. The Bertz CT molecular complexity index is 1260. The van der Waals surface area contributed by atoms with Crippen LogP contribution in [0.25, 0.3) is 21.9 Å². The molecule has 2 heteroatoms. The number of hydrogen-bond acceptors (Lipinski definition) is 2. The predicted octanol–water partition coefficient (Wildman–Crippen LogP) is 9.45. The fourth-order valence-corrected chi connectivity index (χ4v) is 6.51. The van der Waals surface area contributed by atoms with Crippen LogP contribution in [0.2, 0.25) is 0 Å². The molecule has 1 heterocycles. The van der Waals surface area contributed by atoms with E-state index < -0.39 is 0 Å². The minimum absolute atomic E-state index is 0.635. The number of fused-ring (bicyclic) bond motifs is 3. The fourth-order valence-electron chi connectivity index (χ4n) is 6.51. The Morgan fingerprint density at radius 3 is 1.85 bits per heavy atom. The molecule has 3 aromatic carbocycles. The molecule has 0 saturated heterocycles. The van der Waals surface area contributed by atoms with Crippen LogP contribution in [-0.4, -0.2) is 7.05 Å². The second-order valence-electron chi connectivity index (χ2n) is 10.3. The first-order valence-electron chi connectivity index (χ1n) is 13.1. The zero-order valence-corrected chi connectivity index (χ0v) is 19.9. The third-order valence-corrected chi connectivity index (χ3v) is 8.28. The summed E-state index contributed by atoms with van der Waals surface area (Å²) in [6.07, 6.45) is 13.3. The molecule has 0 aliphatic heterocycles. The maximum atomic E-state index is 6.75. The molecule has 1 aromatic heterocycles. The van der Waals surface area contributed by atoms with Crippen molar-refractivity contribution >= 4 is 33.3 Å². The quantitative estimate of drug-likeness (QED) is 0.316. The highest BCUT2D eigenvalue weighted by Crippen LogP contribution is 2.44. The van der Waals surface area contributed by atoms with Crippen LogP contribution in [0.4, 0.5) is 11.4 Å². The van der Waals surface area contributed by atoms with Gasteiger partial charge in [0.05, 0.1) is 5.69 Å². The maximum absolute atomic E-state index is 6.75. The lowest BCUT2D eigenvalue weighted by atomic mass is 9.83. The van der Waals surface area contributed by atoms with Gasteiger partial charge in [0.2, 0.25) is 0 Å². The Labute approximate surface area is 197 Å². The molecule has 0 radical (unpaired) electrons. The average Bonchev–Trinajstić information content (AvgIpc) is 3.28. The number of anilines is 2. The summed E-state index contributed by atoms with van der Waals surface area (Å²) in [5.41, 5.74) is 7.54. The monoisotopic (exact) mass is 437 g/mol. The van der Waals surface area contributed by atoms with Gasteiger partial charge in [0.25, 0.3) is 0 Å². The number of furan rings is 1. The second kappa shape index (κ2) is 8.89. The molecule has 0 amide bonds. The molecule has 0 N–H and O–H groups in total. The van der Waals surface area contributed by atoms with Crippen LogP contribution in [0, 0.1) is 0 Å². The van der Waals surface area contributed by atoms with Crippen LogP contribution in [0.15, 0.2) is 65.1 Å². The first-order chi connectivity index (χ1) is 16.3. The molecule has 0 spiro atoms. The van der Waals surface area contributed by atoms with E-state index in [1.165, 1.54) is 97.5 Å². The first-order valence-corrected chi connectivity index (χ1v) is 13.1. The smallest absolute Gasteiger partial charge is 0.159 e. The largest absolute Gasteiger partial charge is 0.454 e. The molecular formula is C31H35NO. The van der Waals surface area contributed by atoms with Crippen LogP contribution < -0.4 is 4.90 Å². The number of para-hydroxylation sites is 3. The molecule has 2 fully saturated rings. The Kier molecular flexibility index (Phi) is 5.62. The summed E-state index contributed by atoms with van der Waals surface area (Å²) in [6.45, 7) is 0. The summed E-state index contributed by atoms with van der Waals surface area (Å²) in [7, 11) is 2.21. The highest BCUT2D eigenvalue weighted by atomic mass is 16.3. The topological polar surface area (TPSA) is 16.4 Å². The van der Waals surface area contributed by atoms with Gasteiger partial charge >= 0.3 is 0 Å². The highest BCUT2D eigenvalue weighted by molar-refractivity contribution is 6.10. The average molecular weight is 438 g/mol. The summed E-state index contributed by atoms with van der Waals surface area (Å²) < 4.78 is 6.75. The highest BCUT2D eigenvalue weighted by Gasteiger charge is 2.24. The molecule has 4 aromatic rings. The fraction of sp³-hybridized carbons (Fsp3) is 0.419. The van der Waals surface area contributed by atoms with E-state index >= 15 is 0 Å². The molecule has 0 unspecified atom stereocenters. The van der Waals surface area contributed by atoms with E-state index in [0.29, 0.717) is 11.8 Å². The van der Waals surface area contributed by atoms with Crippen LogP contribution in [-0.2, 0) is 0 Å². The van der Waals surface area contributed by atoms with Gasteiger partial charge in [-0.15, -0.1) is 0 Å². The van der Waals surface area contributed by atoms with Crippen LogP contribution in [0.5, 0.6) is 0 Å². The molecule has 170 valence electrons. The van der Waals surface area contributed by atoms with E-state index in [2.05, 4.69) is 72.6 Å². The van der Waals surface area contributed by atoms with Gasteiger partial charge in [0.15, 0.2) is 5.58 Å². The van der Waals surface area contributed by atoms with Crippen LogP contribution in [0.3, 0.4) is 0 Å². The molecule has 2 saturated carbocycles. The van der Waals surface area contributed by atoms with Crippen molar-refractivity contribution in [2.24, 2.45) is 0 Å². The Morgan fingerprint density at radius 1 is 0.576 bits per heavy atom. The minimum atomic E-state index is 0.635. The van der Waals surface area contributed by atoms with Crippen molar-refractivity contribution in [3.8, 4) is 0 Å². The van der Waals surface area contributed by atoms with Crippen molar-refractivity contribution in [1.82, 2.24) is 0 Å². The number of nitrogens with zero attached hydrogens (tertiary/aromatic N) is 1. The Hall–Kier alpha value is -2.74. The molecule has 2 aliphatic rings. The zero-order chi connectivity index (χ0) is 22.2. The molecule has 2 nitrogen and oxygen atoms in total. The molecular weight excluding hydrogens is 402 g/mol. The van der Waals surface area contributed by atoms with E-state index in [4.69, 9.17) is 4.42 Å². The summed E-state index contributed by atoms with van der Waals surface area (Å²) in [5.74, 6) is 1.31. The Morgan fingerprint density at radius 2 is 1.12 bits per heavy atom. The van der Waals surface area contributed by atoms with E-state index in [9.17, 15) is 0 Å². The van der Waals surface area contributed by atoms with E-state index in [1.807, 2.05) is 0 Å². The normalized spacial score (nSPS) is 18.2. The van der Waals surface area contributed by atoms with Gasteiger partial charge in [0.1, 0.15) is 5.58 Å². The lowest BCUT2D eigenvalue weighted by molar-refractivity contribution is 0.442. The lowest BCUT2D eigenvalue weighted by Gasteiger charge is -2.29. The predicted molar refractivity (Wildman–Crippen MR) is 140 cm³/mol.